The molecule has 0 saturated carbocycles. The summed E-state index contributed by atoms with van der Waals surface area (Å²) in [5.74, 6) is 2.40. The van der Waals surface area contributed by atoms with Crippen LogP contribution >= 0.6 is 0 Å². The van der Waals surface area contributed by atoms with Gasteiger partial charge in [0, 0.05) is 38.1 Å². The molecule has 0 amide bonds. The molecule has 3 heterocycles. The third-order valence-electron chi connectivity index (χ3n) is 4.33. The Balaban J connectivity index is 1.56. The molecule has 2 aromatic heterocycles. The molecule has 1 fully saturated rings. The molecule has 8 heteroatoms. The lowest BCUT2D eigenvalue weighted by molar-refractivity contribution is 0.627. The molecule has 0 radical (unpaired) electrons. The first kappa shape index (κ1) is 17.1. The van der Waals surface area contributed by atoms with Gasteiger partial charge >= 0.3 is 0 Å². The van der Waals surface area contributed by atoms with Crippen LogP contribution < -0.4 is 15.5 Å². The van der Waals surface area contributed by atoms with E-state index in [2.05, 4.69) is 35.5 Å². The van der Waals surface area contributed by atoms with Crippen LogP contribution in [0.4, 0.5) is 27.8 Å². The zero-order valence-corrected chi connectivity index (χ0v) is 14.8. The Bertz CT molecular complexity index is 880. The van der Waals surface area contributed by atoms with Crippen LogP contribution in [0.3, 0.4) is 0 Å². The lowest BCUT2D eigenvalue weighted by atomic mass is 10.2. The predicted octanol–water partition coefficient (Wildman–Crippen LogP) is 3.36. The van der Waals surface area contributed by atoms with Crippen molar-refractivity contribution < 1.29 is 4.39 Å². The number of aromatic nitrogens is 4. The fourth-order valence-electron chi connectivity index (χ4n) is 2.96. The van der Waals surface area contributed by atoms with Crippen molar-refractivity contribution in [1.82, 2.24) is 19.9 Å². The highest BCUT2D eigenvalue weighted by atomic mass is 19.1. The lowest BCUT2D eigenvalue weighted by Gasteiger charge is -2.18. The Morgan fingerprint density at radius 1 is 1.00 bits per heavy atom. The Labute approximate surface area is 156 Å². The quantitative estimate of drug-likeness (QED) is 0.693. The van der Waals surface area contributed by atoms with Crippen LogP contribution in [0.2, 0.25) is 0 Å². The topological polar surface area (TPSA) is 78.9 Å². The van der Waals surface area contributed by atoms with Crippen LogP contribution in [0.15, 0.2) is 48.9 Å². The van der Waals surface area contributed by atoms with Crippen molar-refractivity contribution in [2.45, 2.75) is 19.4 Å². The summed E-state index contributed by atoms with van der Waals surface area (Å²) in [5.41, 5.74) is 0.954. The molecule has 7 nitrogen and oxygen atoms in total. The molecular formula is C19H20FN7. The molecule has 0 spiro atoms. The molecule has 2 N–H and O–H groups in total. The fourth-order valence-corrected chi connectivity index (χ4v) is 2.96. The first-order valence-electron chi connectivity index (χ1n) is 8.92. The van der Waals surface area contributed by atoms with Gasteiger partial charge in [-0.1, -0.05) is 12.1 Å². The minimum Gasteiger partial charge on any atom is -0.356 e. The summed E-state index contributed by atoms with van der Waals surface area (Å²) < 4.78 is 13.1. The maximum atomic E-state index is 13.1. The van der Waals surface area contributed by atoms with Gasteiger partial charge in [-0.05, 0) is 30.5 Å². The second-order valence-electron chi connectivity index (χ2n) is 6.32. The Morgan fingerprint density at radius 3 is 2.56 bits per heavy atom. The van der Waals surface area contributed by atoms with Crippen molar-refractivity contribution in [3.8, 4) is 0 Å². The summed E-state index contributed by atoms with van der Waals surface area (Å²) in [7, 11) is 0. The summed E-state index contributed by atoms with van der Waals surface area (Å²) in [5, 5.41) is 6.40. The van der Waals surface area contributed by atoms with E-state index in [9.17, 15) is 4.39 Å². The van der Waals surface area contributed by atoms with Crippen LogP contribution in [-0.4, -0.2) is 33.0 Å². The van der Waals surface area contributed by atoms with Crippen molar-refractivity contribution >= 4 is 23.4 Å². The first-order chi connectivity index (χ1) is 13.3. The summed E-state index contributed by atoms with van der Waals surface area (Å²) in [4.78, 5) is 19.7. The van der Waals surface area contributed by atoms with Gasteiger partial charge in [0.15, 0.2) is 0 Å². The Morgan fingerprint density at radius 2 is 1.81 bits per heavy atom. The molecule has 0 bridgehead atoms. The van der Waals surface area contributed by atoms with E-state index in [4.69, 9.17) is 0 Å². The molecule has 0 atom stereocenters. The van der Waals surface area contributed by atoms with Gasteiger partial charge in [-0.3, -0.25) is 4.98 Å². The molecule has 0 aliphatic carbocycles. The van der Waals surface area contributed by atoms with Gasteiger partial charge in [0.1, 0.15) is 23.3 Å². The largest absolute Gasteiger partial charge is 0.356 e. The molecule has 3 aromatic rings. The highest BCUT2D eigenvalue weighted by Crippen LogP contribution is 2.24. The number of nitrogens with one attached hydrogen (secondary N) is 2. The van der Waals surface area contributed by atoms with Crippen LogP contribution in [0.5, 0.6) is 0 Å². The number of nitrogens with zero attached hydrogens (tertiary/aromatic N) is 5. The van der Waals surface area contributed by atoms with E-state index in [-0.39, 0.29) is 5.82 Å². The third-order valence-corrected chi connectivity index (χ3v) is 4.33. The van der Waals surface area contributed by atoms with Gasteiger partial charge in [0.25, 0.3) is 0 Å². The maximum absolute atomic E-state index is 13.1. The van der Waals surface area contributed by atoms with Gasteiger partial charge < -0.3 is 15.5 Å². The maximum Gasteiger partial charge on any atom is 0.226 e. The predicted molar refractivity (Wildman–Crippen MR) is 103 cm³/mol. The number of hydrogen-bond donors (Lipinski definition) is 2. The first-order valence-corrected chi connectivity index (χ1v) is 8.92. The van der Waals surface area contributed by atoms with Crippen molar-refractivity contribution in [3.05, 3.63) is 60.3 Å². The zero-order chi connectivity index (χ0) is 18.5. The summed E-state index contributed by atoms with van der Waals surface area (Å²) in [6, 6.07) is 8.29. The summed E-state index contributed by atoms with van der Waals surface area (Å²) >= 11 is 0. The number of rotatable bonds is 6. The second kappa shape index (κ2) is 7.94. The smallest absolute Gasteiger partial charge is 0.226 e. The number of hydrogen-bond acceptors (Lipinski definition) is 7. The second-order valence-corrected chi connectivity index (χ2v) is 6.32. The number of benzene rings is 1. The van der Waals surface area contributed by atoms with Gasteiger partial charge in [-0.15, -0.1) is 0 Å². The molecule has 27 heavy (non-hydrogen) atoms. The fraction of sp³-hybridized carbons (Fsp3) is 0.263. The molecule has 1 aliphatic heterocycles. The van der Waals surface area contributed by atoms with Crippen molar-refractivity contribution in [2.24, 2.45) is 0 Å². The minimum absolute atomic E-state index is 0.249. The lowest BCUT2D eigenvalue weighted by Crippen LogP contribution is -2.20. The van der Waals surface area contributed by atoms with Crippen LogP contribution in [-0.2, 0) is 6.54 Å². The van der Waals surface area contributed by atoms with Crippen LogP contribution in [0.25, 0.3) is 0 Å². The van der Waals surface area contributed by atoms with Gasteiger partial charge in [0.2, 0.25) is 5.95 Å². The average Bonchev–Trinajstić information content (AvgIpc) is 3.23. The van der Waals surface area contributed by atoms with Crippen molar-refractivity contribution in [1.29, 1.82) is 0 Å². The third kappa shape index (κ3) is 4.46. The molecule has 4 rings (SSSR count). The zero-order valence-electron chi connectivity index (χ0n) is 14.8. The van der Waals surface area contributed by atoms with Crippen molar-refractivity contribution in [2.75, 3.05) is 28.6 Å². The molecule has 1 aliphatic rings. The van der Waals surface area contributed by atoms with Gasteiger partial charge in [0.05, 0.1) is 6.20 Å². The molecule has 1 saturated heterocycles. The minimum atomic E-state index is -0.249. The van der Waals surface area contributed by atoms with Crippen LogP contribution in [0, 0.1) is 5.82 Å². The van der Waals surface area contributed by atoms with Crippen molar-refractivity contribution in [3.63, 3.8) is 0 Å². The van der Waals surface area contributed by atoms with E-state index >= 15 is 0 Å². The highest BCUT2D eigenvalue weighted by Gasteiger charge is 2.16. The van der Waals surface area contributed by atoms with Gasteiger partial charge in [-0.25, -0.2) is 9.37 Å². The van der Waals surface area contributed by atoms with Gasteiger partial charge in [-0.2, -0.15) is 9.97 Å². The van der Waals surface area contributed by atoms with Crippen LogP contribution in [0.1, 0.15) is 18.4 Å². The Kier molecular flexibility index (Phi) is 5.04. The van der Waals surface area contributed by atoms with E-state index in [1.165, 1.54) is 12.1 Å². The van der Waals surface area contributed by atoms with E-state index in [1.54, 1.807) is 30.7 Å². The van der Waals surface area contributed by atoms with E-state index in [1.807, 2.05) is 6.07 Å². The Hall–Kier alpha value is -3.29. The summed E-state index contributed by atoms with van der Waals surface area (Å²) in [6.07, 6.45) is 7.21. The SMILES string of the molecule is Fc1ccc(CNc2nc(Nc3cnccn3)cc(N3CCCC3)n2)cc1. The van der Waals surface area contributed by atoms with E-state index in [0.717, 1.165) is 37.3 Å². The molecule has 1 aromatic carbocycles. The number of halogens is 1. The van der Waals surface area contributed by atoms with E-state index in [0.29, 0.717) is 24.1 Å². The molecular weight excluding hydrogens is 345 g/mol. The normalized spacial score (nSPS) is 13.6. The van der Waals surface area contributed by atoms with E-state index < -0.39 is 0 Å². The average molecular weight is 365 g/mol. The highest BCUT2D eigenvalue weighted by molar-refractivity contribution is 5.59. The summed E-state index contributed by atoms with van der Waals surface area (Å²) in [6.45, 7) is 2.48. The standard InChI is InChI=1S/C19H20FN7/c20-15-5-3-14(4-6-15)12-23-19-25-16(24-17-13-21-7-8-22-17)11-18(26-19)27-9-1-2-10-27/h3-8,11,13H,1-2,9-10,12H2,(H2,22,23,24,25,26). The number of anilines is 4. The molecule has 0 unspecified atom stereocenters. The monoisotopic (exact) mass is 365 g/mol. The molecule has 138 valence electrons.